The number of methoxy groups -OCH3 is 1. The van der Waals surface area contributed by atoms with Gasteiger partial charge in [-0.3, -0.25) is 4.79 Å². The zero-order valence-electron chi connectivity index (χ0n) is 8.55. The highest BCUT2D eigenvalue weighted by Crippen LogP contribution is 2.03. The predicted octanol–water partition coefficient (Wildman–Crippen LogP) is 1.65. The zero-order chi connectivity index (χ0) is 10.3. The van der Waals surface area contributed by atoms with E-state index in [1.165, 1.54) is 0 Å². The maximum atomic E-state index is 11.5. The van der Waals surface area contributed by atoms with Crippen LogP contribution >= 0.6 is 15.9 Å². The molecule has 0 aromatic heterocycles. The number of hydrogen-bond donors (Lipinski definition) is 0. The average Bonchev–Trinajstić information content (AvgIpc) is 2.06. The van der Waals surface area contributed by atoms with Crippen molar-refractivity contribution in [3.8, 4) is 0 Å². The lowest BCUT2D eigenvalue weighted by Gasteiger charge is -2.27. The summed E-state index contributed by atoms with van der Waals surface area (Å²) in [6.45, 7) is 5.33. The van der Waals surface area contributed by atoms with Crippen molar-refractivity contribution in [3.63, 3.8) is 0 Å². The molecule has 0 radical (unpaired) electrons. The number of carbonyl (C=O) groups excluding carboxylic acids is 1. The molecule has 1 atom stereocenters. The number of amides is 1. The van der Waals surface area contributed by atoms with Gasteiger partial charge in [-0.05, 0) is 13.8 Å². The summed E-state index contributed by atoms with van der Waals surface area (Å²) in [6, 6.07) is 0.168. The Morgan fingerprint density at radius 2 is 2.23 bits per heavy atom. The van der Waals surface area contributed by atoms with Crippen LogP contribution in [0.3, 0.4) is 0 Å². The largest absolute Gasteiger partial charge is 0.383 e. The highest BCUT2D eigenvalue weighted by atomic mass is 79.9. The van der Waals surface area contributed by atoms with Crippen molar-refractivity contribution in [3.05, 3.63) is 0 Å². The molecule has 0 aromatic carbocycles. The minimum absolute atomic E-state index is 0.168. The van der Waals surface area contributed by atoms with E-state index in [-0.39, 0.29) is 11.9 Å². The van der Waals surface area contributed by atoms with Crippen LogP contribution in [0.1, 0.15) is 20.3 Å². The Labute approximate surface area is 88.6 Å². The van der Waals surface area contributed by atoms with Gasteiger partial charge < -0.3 is 9.64 Å². The minimum atomic E-state index is 0.168. The number of ether oxygens (including phenoxy) is 1. The number of alkyl halides is 1. The van der Waals surface area contributed by atoms with E-state index >= 15 is 0 Å². The summed E-state index contributed by atoms with van der Waals surface area (Å²) in [6.07, 6.45) is 0.557. The first-order chi connectivity index (χ1) is 6.17. The van der Waals surface area contributed by atoms with Gasteiger partial charge in [0.05, 0.1) is 12.6 Å². The lowest BCUT2D eigenvalue weighted by molar-refractivity contribution is -0.133. The maximum absolute atomic E-state index is 11.5. The lowest BCUT2D eigenvalue weighted by atomic mass is 10.2. The Morgan fingerprint density at radius 3 is 2.62 bits per heavy atom. The van der Waals surface area contributed by atoms with Gasteiger partial charge in [0.15, 0.2) is 0 Å². The Balaban J connectivity index is 4.06. The van der Waals surface area contributed by atoms with Crippen LogP contribution in [0, 0.1) is 0 Å². The Morgan fingerprint density at radius 1 is 1.62 bits per heavy atom. The van der Waals surface area contributed by atoms with E-state index in [0.717, 1.165) is 11.9 Å². The molecule has 0 bridgehead atoms. The van der Waals surface area contributed by atoms with Gasteiger partial charge in [0.1, 0.15) is 0 Å². The number of nitrogens with zero attached hydrogens (tertiary/aromatic N) is 1. The van der Waals surface area contributed by atoms with Gasteiger partial charge in [-0.1, -0.05) is 15.9 Å². The molecule has 0 spiro atoms. The van der Waals surface area contributed by atoms with Crippen molar-refractivity contribution in [1.82, 2.24) is 4.90 Å². The molecule has 78 valence electrons. The van der Waals surface area contributed by atoms with Crippen molar-refractivity contribution < 1.29 is 9.53 Å². The summed E-state index contributed by atoms with van der Waals surface area (Å²) in [7, 11) is 1.65. The van der Waals surface area contributed by atoms with E-state index in [2.05, 4.69) is 15.9 Å². The molecular formula is C9H18BrNO2. The van der Waals surface area contributed by atoms with E-state index < -0.39 is 0 Å². The van der Waals surface area contributed by atoms with Gasteiger partial charge in [-0.15, -0.1) is 0 Å². The lowest BCUT2D eigenvalue weighted by Crippen LogP contribution is -2.40. The van der Waals surface area contributed by atoms with Gasteiger partial charge in [-0.2, -0.15) is 0 Å². The number of likely N-dealkylation sites (N-methyl/N-ethyl adjacent to an activating group) is 1. The van der Waals surface area contributed by atoms with Gasteiger partial charge in [0.2, 0.25) is 5.91 Å². The molecular weight excluding hydrogens is 234 g/mol. The Kier molecular flexibility index (Phi) is 7.28. The molecule has 4 heteroatoms. The summed E-state index contributed by atoms with van der Waals surface area (Å²) in [4.78, 5) is 13.4. The van der Waals surface area contributed by atoms with Crippen molar-refractivity contribution in [2.24, 2.45) is 0 Å². The molecule has 0 fully saturated rings. The minimum Gasteiger partial charge on any atom is -0.383 e. The number of carbonyl (C=O) groups is 1. The van der Waals surface area contributed by atoms with Crippen molar-refractivity contribution in [2.75, 3.05) is 25.6 Å². The standard InChI is InChI=1S/C9H18BrNO2/c1-4-11(8(2)7-13-3)9(12)5-6-10/h8H,4-7H2,1-3H3. The van der Waals surface area contributed by atoms with Gasteiger partial charge in [0, 0.05) is 25.4 Å². The molecule has 3 nitrogen and oxygen atoms in total. The van der Waals surface area contributed by atoms with Crippen LogP contribution in [0.4, 0.5) is 0 Å². The summed E-state index contributed by atoms with van der Waals surface area (Å²) in [5.41, 5.74) is 0. The second-order valence-corrected chi connectivity index (χ2v) is 3.72. The molecule has 0 rings (SSSR count). The maximum Gasteiger partial charge on any atom is 0.223 e. The average molecular weight is 252 g/mol. The Bertz CT molecular complexity index is 153. The first-order valence-corrected chi connectivity index (χ1v) is 5.63. The van der Waals surface area contributed by atoms with Crippen LogP contribution in [0.2, 0.25) is 0 Å². The predicted molar refractivity (Wildman–Crippen MR) is 57.1 cm³/mol. The normalized spacial score (nSPS) is 12.6. The second-order valence-electron chi connectivity index (χ2n) is 2.92. The van der Waals surface area contributed by atoms with Crippen LogP contribution in [0.25, 0.3) is 0 Å². The van der Waals surface area contributed by atoms with Gasteiger partial charge in [0.25, 0.3) is 0 Å². The third-order valence-corrected chi connectivity index (χ3v) is 2.31. The highest BCUT2D eigenvalue weighted by Gasteiger charge is 2.16. The summed E-state index contributed by atoms with van der Waals surface area (Å²) >= 11 is 3.26. The Hall–Kier alpha value is -0.0900. The van der Waals surface area contributed by atoms with Crippen LogP contribution in [0.15, 0.2) is 0 Å². The molecule has 1 amide bonds. The first-order valence-electron chi connectivity index (χ1n) is 4.51. The number of hydrogen-bond acceptors (Lipinski definition) is 2. The second kappa shape index (κ2) is 7.33. The third-order valence-electron chi connectivity index (χ3n) is 1.91. The first kappa shape index (κ1) is 12.9. The fourth-order valence-electron chi connectivity index (χ4n) is 1.29. The summed E-state index contributed by atoms with van der Waals surface area (Å²) < 4.78 is 5.01. The van der Waals surface area contributed by atoms with Crippen LogP contribution in [0.5, 0.6) is 0 Å². The van der Waals surface area contributed by atoms with Gasteiger partial charge in [-0.25, -0.2) is 0 Å². The van der Waals surface area contributed by atoms with E-state index in [1.54, 1.807) is 7.11 Å². The van der Waals surface area contributed by atoms with E-state index in [9.17, 15) is 4.79 Å². The van der Waals surface area contributed by atoms with Crippen molar-refractivity contribution in [1.29, 1.82) is 0 Å². The molecule has 0 saturated heterocycles. The summed E-state index contributed by atoms with van der Waals surface area (Å²) in [5.74, 6) is 0.184. The smallest absolute Gasteiger partial charge is 0.223 e. The molecule has 0 N–H and O–H groups in total. The van der Waals surface area contributed by atoms with Crippen LogP contribution < -0.4 is 0 Å². The quantitative estimate of drug-likeness (QED) is 0.673. The summed E-state index contributed by atoms with van der Waals surface area (Å²) in [5, 5.41) is 0.724. The fraction of sp³-hybridized carbons (Fsp3) is 0.889. The molecule has 0 aliphatic rings. The molecule has 0 aliphatic carbocycles. The van der Waals surface area contributed by atoms with Crippen molar-refractivity contribution in [2.45, 2.75) is 26.3 Å². The van der Waals surface area contributed by atoms with Crippen molar-refractivity contribution >= 4 is 21.8 Å². The SMILES string of the molecule is CCN(C(=O)CCBr)C(C)COC. The third kappa shape index (κ3) is 4.62. The van der Waals surface area contributed by atoms with E-state index in [4.69, 9.17) is 4.74 Å². The van der Waals surface area contributed by atoms with E-state index in [1.807, 2.05) is 18.7 Å². The molecule has 0 aliphatic heterocycles. The highest BCUT2D eigenvalue weighted by molar-refractivity contribution is 9.09. The van der Waals surface area contributed by atoms with E-state index in [0.29, 0.717) is 13.0 Å². The molecule has 13 heavy (non-hydrogen) atoms. The molecule has 0 heterocycles. The van der Waals surface area contributed by atoms with Crippen LogP contribution in [-0.4, -0.2) is 42.4 Å². The zero-order valence-corrected chi connectivity index (χ0v) is 10.1. The topological polar surface area (TPSA) is 29.5 Å². The number of rotatable bonds is 6. The molecule has 0 aromatic rings. The van der Waals surface area contributed by atoms with Crippen LogP contribution in [-0.2, 0) is 9.53 Å². The number of halogens is 1. The monoisotopic (exact) mass is 251 g/mol. The fourth-order valence-corrected chi connectivity index (χ4v) is 1.63. The molecule has 1 unspecified atom stereocenters. The molecule has 0 saturated carbocycles. The van der Waals surface area contributed by atoms with Gasteiger partial charge >= 0.3 is 0 Å².